The molecule has 3 aromatic rings. The van der Waals surface area contributed by atoms with Crippen molar-refractivity contribution in [3.8, 4) is 5.69 Å². The van der Waals surface area contributed by atoms with Crippen molar-refractivity contribution in [3.05, 3.63) is 70.5 Å². The zero-order chi connectivity index (χ0) is 18.8. The van der Waals surface area contributed by atoms with E-state index in [1.54, 1.807) is 53.2 Å². The van der Waals surface area contributed by atoms with E-state index in [4.69, 9.17) is 17.3 Å². The van der Waals surface area contributed by atoms with Crippen LogP contribution in [0, 0.1) is 6.92 Å². The number of aromatic nitrogens is 2. The fourth-order valence-electron chi connectivity index (χ4n) is 2.52. The maximum absolute atomic E-state index is 12.4. The molecule has 0 radical (unpaired) electrons. The van der Waals surface area contributed by atoms with Gasteiger partial charge in [-0.1, -0.05) is 11.6 Å². The molecule has 26 heavy (non-hydrogen) atoms. The number of nitrogens with zero attached hydrogens (tertiary/aromatic N) is 2. The number of hydrogen-bond acceptors (Lipinski definition) is 4. The van der Waals surface area contributed by atoms with Crippen LogP contribution in [0.15, 0.2) is 48.5 Å². The summed E-state index contributed by atoms with van der Waals surface area (Å²) in [6.07, 6.45) is 0. The lowest BCUT2D eigenvalue weighted by atomic mass is 10.1. The predicted octanol–water partition coefficient (Wildman–Crippen LogP) is 3.87. The van der Waals surface area contributed by atoms with E-state index in [9.17, 15) is 9.59 Å². The molecule has 0 aliphatic carbocycles. The lowest BCUT2D eigenvalue weighted by Gasteiger charge is -2.10. The van der Waals surface area contributed by atoms with E-state index < -0.39 is 0 Å². The van der Waals surface area contributed by atoms with Crippen LogP contribution in [0.4, 0.5) is 11.4 Å². The van der Waals surface area contributed by atoms with Crippen LogP contribution in [-0.4, -0.2) is 21.5 Å². The zero-order valence-electron chi connectivity index (χ0n) is 14.3. The van der Waals surface area contributed by atoms with Crippen molar-refractivity contribution in [1.29, 1.82) is 0 Å². The number of carbonyl (C=O) groups excluding carboxylic acids is 2. The van der Waals surface area contributed by atoms with E-state index in [1.165, 1.54) is 6.92 Å². The lowest BCUT2D eigenvalue weighted by molar-refractivity contribution is 0.100. The van der Waals surface area contributed by atoms with Gasteiger partial charge in [0.2, 0.25) is 0 Å². The van der Waals surface area contributed by atoms with Crippen molar-refractivity contribution < 1.29 is 9.59 Å². The number of halogens is 1. The van der Waals surface area contributed by atoms with Gasteiger partial charge in [0.15, 0.2) is 5.78 Å². The Hall–Kier alpha value is -3.12. The monoisotopic (exact) mass is 368 g/mol. The van der Waals surface area contributed by atoms with Crippen LogP contribution in [0.5, 0.6) is 0 Å². The van der Waals surface area contributed by atoms with Crippen molar-refractivity contribution in [2.45, 2.75) is 13.8 Å². The third kappa shape index (κ3) is 3.60. The van der Waals surface area contributed by atoms with E-state index in [0.717, 1.165) is 5.69 Å². The molecule has 2 aromatic carbocycles. The van der Waals surface area contributed by atoms with E-state index in [0.29, 0.717) is 33.3 Å². The summed E-state index contributed by atoms with van der Waals surface area (Å²) in [5, 5.41) is 7.64. The minimum Gasteiger partial charge on any atom is -0.397 e. The average molecular weight is 369 g/mol. The topological polar surface area (TPSA) is 90.0 Å². The van der Waals surface area contributed by atoms with Gasteiger partial charge in [0.05, 0.1) is 11.4 Å². The molecule has 0 fully saturated rings. The fraction of sp³-hybridized carbons (Fsp3) is 0.105. The molecular weight excluding hydrogens is 352 g/mol. The molecule has 0 aliphatic rings. The second-order valence-corrected chi connectivity index (χ2v) is 6.31. The van der Waals surface area contributed by atoms with Gasteiger partial charge >= 0.3 is 0 Å². The second kappa shape index (κ2) is 7.01. The van der Waals surface area contributed by atoms with Crippen molar-refractivity contribution in [3.63, 3.8) is 0 Å². The largest absolute Gasteiger partial charge is 0.397 e. The summed E-state index contributed by atoms with van der Waals surface area (Å²) in [6, 6.07) is 13.5. The van der Waals surface area contributed by atoms with Crippen molar-refractivity contribution >= 4 is 34.7 Å². The Kier molecular flexibility index (Phi) is 4.77. The highest BCUT2D eigenvalue weighted by Crippen LogP contribution is 2.22. The number of hydrogen-bond donors (Lipinski definition) is 2. The zero-order valence-corrected chi connectivity index (χ0v) is 15.0. The summed E-state index contributed by atoms with van der Waals surface area (Å²) < 4.78 is 1.59. The van der Waals surface area contributed by atoms with Gasteiger partial charge in [-0.2, -0.15) is 5.10 Å². The number of benzene rings is 2. The Morgan fingerprint density at radius 1 is 1.12 bits per heavy atom. The van der Waals surface area contributed by atoms with Gasteiger partial charge in [0.25, 0.3) is 5.91 Å². The van der Waals surface area contributed by atoms with E-state index in [1.807, 2.05) is 6.92 Å². The highest BCUT2D eigenvalue weighted by molar-refractivity contribution is 6.30. The number of ketones is 1. The normalized spacial score (nSPS) is 10.6. The molecule has 3 rings (SSSR count). The number of nitrogen functional groups attached to an aromatic ring is 1. The van der Waals surface area contributed by atoms with E-state index in [2.05, 4.69) is 10.4 Å². The fourth-order valence-corrected chi connectivity index (χ4v) is 2.64. The molecule has 0 atom stereocenters. The van der Waals surface area contributed by atoms with Gasteiger partial charge in [-0.15, -0.1) is 0 Å². The molecule has 1 amide bonds. The first-order valence-electron chi connectivity index (χ1n) is 7.89. The third-order valence-electron chi connectivity index (χ3n) is 3.87. The third-order valence-corrected chi connectivity index (χ3v) is 4.12. The van der Waals surface area contributed by atoms with Gasteiger partial charge in [0.1, 0.15) is 5.69 Å². The Morgan fingerprint density at radius 2 is 1.81 bits per heavy atom. The molecule has 3 N–H and O–H groups in total. The van der Waals surface area contributed by atoms with Crippen LogP contribution in [0.1, 0.15) is 33.5 Å². The molecule has 1 heterocycles. The summed E-state index contributed by atoms with van der Waals surface area (Å²) >= 11 is 5.84. The number of rotatable bonds is 4. The van der Waals surface area contributed by atoms with Crippen LogP contribution >= 0.6 is 11.6 Å². The lowest BCUT2D eigenvalue weighted by Crippen LogP contribution is -2.13. The molecule has 7 heteroatoms. The van der Waals surface area contributed by atoms with E-state index >= 15 is 0 Å². The minimum absolute atomic E-state index is 0.121. The number of carbonyl (C=O) groups is 2. The Balaban J connectivity index is 1.86. The SMILES string of the molecule is CC(=O)c1cc(C)n(-c2ccc(C(=O)Nc3ccc(Cl)cc3)cc2N)n1. The first-order chi connectivity index (χ1) is 12.3. The standard InChI is InChI=1S/C19H17ClN4O2/c1-11-9-17(12(2)25)23-24(11)18-8-3-13(10-16(18)21)19(26)22-15-6-4-14(20)5-7-15/h3-10H,21H2,1-2H3,(H,22,26). The summed E-state index contributed by atoms with van der Waals surface area (Å²) in [5.41, 5.74) is 9.30. The summed E-state index contributed by atoms with van der Waals surface area (Å²) in [6.45, 7) is 3.29. The highest BCUT2D eigenvalue weighted by Gasteiger charge is 2.14. The summed E-state index contributed by atoms with van der Waals surface area (Å²) in [4.78, 5) is 23.9. The minimum atomic E-state index is -0.285. The molecule has 1 aromatic heterocycles. The van der Waals surface area contributed by atoms with Crippen molar-refractivity contribution in [2.75, 3.05) is 11.1 Å². The summed E-state index contributed by atoms with van der Waals surface area (Å²) in [5.74, 6) is -0.406. The highest BCUT2D eigenvalue weighted by atomic mass is 35.5. The average Bonchev–Trinajstić information content (AvgIpc) is 2.99. The number of anilines is 2. The quantitative estimate of drug-likeness (QED) is 0.540. The molecule has 0 spiro atoms. The molecule has 0 bridgehead atoms. The van der Waals surface area contributed by atoms with Gasteiger partial charge in [-0.25, -0.2) is 4.68 Å². The summed E-state index contributed by atoms with van der Waals surface area (Å²) in [7, 11) is 0. The Labute approximate surface area is 155 Å². The number of aryl methyl sites for hydroxylation is 1. The maximum Gasteiger partial charge on any atom is 0.255 e. The maximum atomic E-state index is 12.4. The van der Waals surface area contributed by atoms with Crippen LogP contribution in [0.3, 0.4) is 0 Å². The second-order valence-electron chi connectivity index (χ2n) is 5.87. The molecular formula is C19H17ClN4O2. The molecule has 0 unspecified atom stereocenters. The Bertz CT molecular complexity index is 993. The molecule has 6 nitrogen and oxygen atoms in total. The predicted molar refractivity (Wildman–Crippen MR) is 102 cm³/mol. The Morgan fingerprint density at radius 3 is 2.38 bits per heavy atom. The van der Waals surface area contributed by atoms with Crippen LogP contribution in [0.2, 0.25) is 5.02 Å². The molecule has 0 saturated carbocycles. The number of Topliss-reactive ketones (excluding diaryl/α,β-unsaturated/α-hetero) is 1. The molecule has 0 aliphatic heterocycles. The van der Waals surface area contributed by atoms with Gasteiger partial charge in [-0.3, -0.25) is 9.59 Å². The first-order valence-corrected chi connectivity index (χ1v) is 8.27. The van der Waals surface area contributed by atoms with Crippen LogP contribution in [0.25, 0.3) is 5.69 Å². The number of nitrogens with two attached hydrogens (primary N) is 1. The van der Waals surface area contributed by atoms with Gasteiger partial charge in [-0.05, 0) is 55.5 Å². The van der Waals surface area contributed by atoms with Crippen molar-refractivity contribution in [2.24, 2.45) is 0 Å². The van der Waals surface area contributed by atoms with Gasteiger partial charge < -0.3 is 11.1 Å². The van der Waals surface area contributed by atoms with Crippen LogP contribution < -0.4 is 11.1 Å². The van der Waals surface area contributed by atoms with Gasteiger partial charge in [0, 0.05) is 28.9 Å². The molecule has 0 saturated heterocycles. The van der Waals surface area contributed by atoms with E-state index in [-0.39, 0.29) is 11.7 Å². The number of amides is 1. The van der Waals surface area contributed by atoms with Crippen molar-refractivity contribution in [1.82, 2.24) is 9.78 Å². The van der Waals surface area contributed by atoms with Crippen LogP contribution in [-0.2, 0) is 0 Å². The first kappa shape index (κ1) is 17.7. The number of nitrogens with one attached hydrogen (secondary N) is 1. The smallest absolute Gasteiger partial charge is 0.255 e. The molecule has 132 valence electrons.